The molecule has 0 saturated heterocycles. The Bertz CT molecular complexity index is 1090. The molecule has 0 fully saturated rings. The van der Waals surface area contributed by atoms with Crippen molar-refractivity contribution in [2.45, 2.75) is 46.3 Å². The fourth-order valence-corrected chi connectivity index (χ4v) is 3.39. The van der Waals surface area contributed by atoms with Gasteiger partial charge in [-0.2, -0.15) is 8.78 Å². The van der Waals surface area contributed by atoms with Crippen LogP contribution in [0.15, 0.2) is 35.1 Å². The van der Waals surface area contributed by atoms with Gasteiger partial charge in [0.25, 0.3) is 5.56 Å². The Labute approximate surface area is 165 Å². The van der Waals surface area contributed by atoms with Gasteiger partial charge in [-0.1, -0.05) is 25.1 Å². The van der Waals surface area contributed by atoms with E-state index in [1.54, 1.807) is 36.6 Å². The number of rotatable bonds is 7. The molecule has 2 N–H and O–H groups in total. The minimum absolute atomic E-state index is 0.0369. The molecular formula is C20H22F2N4O3. The Morgan fingerprint density at radius 2 is 2.03 bits per heavy atom. The van der Waals surface area contributed by atoms with Crippen molar-refractivity contribution in [2.75, 3.05) is 0 Å². The smallest absolute Gasteiger partial charge is 0.387 e. The van der Waals surface area contributed by atoms with Crippen LogP contribution in [-0.2, 0) is 11.2 Å². The summed E-state index contributed by atoms with van der Waals surface area (Å²) in [4.78, 5) is 28.7. The molecule has 0 aliphatic rings. The van der Waals surface area contributed by atoms with Crippen LogP contribution < -0.4 is 15.6 Å². The molecule has 9 heteroatoms. The highest BCUT2D eigenvalue weighted by molar-refractivity contribution is 5.79. The zero-order valence-corrected chi connectivity index (χ0v) is 16.3. The summed E-state index contributed by atoms with van der Waals surface area (Å²) in [5.74, 6) is -0.249. The van der Waals surface area contributed by atoms with Gasteiger partial charge in [-0.05, 0) is 26.3 Å². The lowest BCUT2D eigenvalue weighted by Gasteiger charge is -2.21. The number of alkyl halides is 2. The lowest BCUT2D eigenvalue weighted by atomic mass is 10.0. The van der Waals surface area contributed by atoms with Crippen molar-refractivity contribution in [3.63, 3.8) is 0 Å². The zero-order valence-electron chi connectivity index (χ0n) is 16.3. The molecule has 3 rings (SSSR count). The van der Waals surface area contributed by atoms with Gasteiger partial charge in [-0.3, -0.25) is 14.7 Å². The van der Waals surface area contributed by atoms with Crippen LogP contribution >= 0.6 is 0 Å². The van der Waals surface area contributed by atoms with E-state index in [0.29, 0.717) is 34.6 Å². The standard InChI is InChI=1S/C20H22F2N4O3/c1-4-15(13-7-5-6-8-16(13)29-20(21)22)24-18(27)9-14-11(2)23-17-10-19(28)25-26(17)12(14)3/h5-8,10,15,20H,4,9H2,1-3H3,(H,24,27)(H,25,28). The van der Waals surface area contributed by atoms with Gasteiger partial charge < -0.3 is 10.1 Å². The monoisotopic (exact) mass is 404 g/mol. The van der Waals surface area contributed by atoms with Gasteiger partial charge in [-0.25, -0.2) is 9.50 Å². The van der Waals surface area contributed by atoms with Crippen LogP contribution in [0.2, 0.25) is 0 Å². The largest absolute Gasteiger partial charge is 0.434 e. The number of hydrogen-bond acceptors (Lipinski definition) is 4. The third-order valence-corrected chi connectivity index (χ3v) is 4.79. The summed E-state index contributed by atoms with van der Waals surface area (Å²) in [7, 11) is 0. The summed E-state index contributed by atoms with van der Waals surface area (Å²) in [6, 6.07) is 7.31. The first-order chi connectivity index (χ1) is 13.8. The van der Waals surface area contributed by atoms with E-state index in [2.05, 4.69) is 20.1 Å². The normalized spacial score (nSPS) is 12.3. The second kappa shape index (κ2) is 8.42. The van der Waals surface area contributed by atoms with Crippen molar-refractivity contribution >= 4 is 11.6 Å². The van der Waals surface area contributed by atoms with Crippen molar-refractivity contribution < 1.29 is 18.3 Å². The predicted octanol–water partition coefficient (Wildman–Crippen LogP) is 3.05. The van der Waals surface area contributed by atoms with Crippen LogP contribution in [0.1, 0.15) is 41.9 Å². The van der Waals surface area contributed by atoms with E-state index < -0.39 is 12.7 Å². The highest BCUT2D eigenvalue weighted by atomic mass is 19.3. The molecule has 1 atom stereocenters. The Balaban J connectivity index is 1.83. The number of aromatic amines is 1. The van der Waals surface area contributed by atoms with Gasteiger partial charge in [0.15, 0.2) is 5.65 Å². The zero-order chi connectivity index (χ0) is 21.1. The Kier molecular flexibility index (Phi) is 5.95. The maximum Gasteiger partial charge on any atom is 0.387 e. The summed E-state index contributed by atoms with van der Waals surface area (Å²) in [5, 5.41) is 5.53. The number of halogens is 2. The van der Waals surface area contributed by atoms with Crippen molar-refractivity contribution in [3.8, 4) is 5.75 Å². The third kappa shape index (κ3) is 4.44. The average Bonchev–Trinajstić information content (AvgIpc) is 3.03. The van der Waals surface area contributed by atoms with Crippen molar-refractivity contribution in [1.82, 2.24) is 19.9 Å². The molecule has 1 amide bonds. The van der Waals surface area contributed by atoms with E-state index in [4.69, 9.17) is 0 Å². The van der Waals surface area contributed by atoms with Gasteiger partial charge in [0.05, 0.1) is 12.5 Å². The molecule has 0 saturated carbocycles. The number of aromatic nitrogens is 3. The maximum atomic E-state index is 12.7. The summed E-state index contributed by atoms with van der Waals surface area (Å²) < 4.78 is 31.5. The Morgan fingerprint density at radius 1 is 1.31 bits per heavy atom. The minimum Gasteiger partial charge on any atom is -0.434 e. The number of carbonyl (C=O) groups is 1. The first-order valence-electron chi connectivity index (χ1n) is 9.21. The van der Waals surface area contributed by atoms with Gasteiger partial charge in [0.2, 0.25) is 5.91 Å². The number of nitrogens with zero attached hydrogens (tertiary/aromatic N) is 2. The van der Waals surface area contributed by atoms with Crippen LogP contribution in [0.5, 0.6) is 5.75 Å². The van der Waals surface area contributed by atoms with E-state index in [0.717, 1.165) is 0 Å². The van der Waals surface area contributed by atoms with E-state index in [-0.39, 0.29) is 23.6 Å². The van der Waals surface area contributed by atoms with Crippen LogP contribution in [-0.4, -0.2) is 27.1 Å². The summed E-state index contributed by atoms with van der Waals surface area (Å²) in [6.07, 6.45) is 0.532. The van der Waals surface area contributed by atoms with E-state index in [9.17, 15) is 18.4 Å². The number of para-hydroxylation sites is 1. The predicted molar refractivity (Wildman–Crippen MR) is 103 cm³/mol. The van der Waals surface area contributed by atoms with Gasteiger partial charge in [0.1, 0.15) is 5.75 Å². The number of amides is 1. The number of aryl methyl sites for hydroxylation is 2. The summed E-state index contributed by atoms with van der Waals surface area (Å²) >= 11 is 0. The molecule has 0 spiro atoms. The minimum atomic E-state index is -2.95. The SMILES string of the molecule is CCC(NC(=O)Cc1c(C)nc2cc(=O)[nH]n2c1C)c1ccccc1OC(F)F. The number of nitrogens with one attached hydrogen (secondary N) is 2. The second-order valence-corrected chi connectivity index (χ2v) is 6.70. The number of benzene rings is 1. The van der Waals surface area contributed by atoms with Crippen molar-refractivity contribution in [1.29, 1.82) is 0 Å². The van der Waals surface area contributed by atoms with E-state index >= 15 is 0 Å². The molecule has 1 aromatic carbocycles. The Morgan fingerprint density at radius 3 is 2.72 bits per heavy atom. The fraction of sp³-hybridized carbons (Fsp3) is 0.350. The second-order valence-electron chi connectivity index (χ2n) is 6.70. The highest BCUT2D eigenvalue weighted by Crippen LogP contribution is 2.28. The molecule has 1 unspecified atom stereocenters. The summed E-state index contributed by atoms with van der Waals surface area (Å²) in [5.41, 5.74) is 2.74. The number of H-pyrrole nitrogens is 1. The lowest BCUT2D eigenvalue weighted by molar-refractivity contribution is -0.121. The topological polar surface area (TPSA) is 88.5 Å². The fourth-order valence-electron chi connectivity index (χ4n) is 3.39. The first kappa shape index (κ1) is 20.5. The molecule has 2 aromatic heterocycles. The Hall–Kier alpha value is -3.23. The van der Waals surface area contributed by atoms with Crippen LogP contribution in [0, 0.1) is 13.8 Å². The number of fused-ring (bicyclic) bond motifs is 1. The van der Waals surface area contributed by atoms with E-state index in [1.165, 1.54) is 12.1 Å². The number of ether oxygens (including phenoxy) is 1. The van der Waals surface area contributed by atoms with Crippen LogP contribution in [0.25, 0.3) is 5.65 Å². The van der Waals surface area contributed by atoms with Gasteiger partial charge in [0, 0.05) is 28.6 Å². The van der Waals surface area contributed by atoms with Crippen molar-refractivity contribution in [2.24, 2.45) is 0 Å². The molecule has 7 nitrogen and oxygen atoms in total. The molecule has 29 heavy (non-hydrogen) atoms. The molecule has 2 heterocycles. The van der Waals surface area contributed by atoms with Gasteiger partial charge >= 0.3 is 6.61 Å². The average molecular weight is 404 g/mol. The van der Waals surface area contributed by atoms with Crippen LogP contribution in [0.4, 0.5) is 8.78 Å². The van der Waals surface area contributed by atoms with E-state index in [1.807, 2.05) is 6.92 Å². The molecular weight excluding hydrogens is 382 g/mol. The van der Waals surface area contributed by atoms with Gasteiger partial charge in [-0.15, -0.1) is 0 Å². The number of hydrogen-bond donors (Lipinski definition) is 2. The highest BCUT2D eigenvalue weighted by Gasteiger charge is 2.20. The van der Waals surface area contributed by atoms with Crippen molar-refractivity contribution in [3.05, 3.63) is 63.2 Å². The maximum absolute atomic E-state index is 12.7. The quantitative estimate of drug-likeness (QED) is 0.634. The summed E-state index contributed by atoms with van der Waals surface area (Å²) in [6.45, 7) is 2.47. The lowest BCUT2D eigenvalue weighted by Crippen LogP contribution is -2.30. The third-order valence-electron chi connectivity index (χ3n) is 4.79. The molecule has 0 aliphatic carbocycles. The molecule has 3 aromatic rings. The molecule has 0 radical (unpaired) electrons. The van der Waals surface area contributed by atoms with Crippen LogP contribution in [0.3, 0.4) is 0 Å². The molecule has 0 bridgehead atoms. The molecule has 154 valence electrons. The molecule has 0 aliphatic heterocycles. The first-order valence-corrected chi connectivity index (χ1v) is 9.21. The number of carbonyl (C=O) groups excluding carboxylic acids is 1.